The van der Waals surface area contributed by atoms with Crippen molar-refractivity contribution in [3.05, 3.63) is 85.1 Å². The molecule has 0 N–H and O–H groups in total. The molecular weight excluding hydrogens is 889 g/mol. The van der Waals surface area contributed by atoms with Gasteiger partial charge in [0.05, 0.1) is 0 Å². The highest BCUT2D eigenvalue weighted by molar-refractivity contribution is 5.71. The lowest BCUT2D eigenvalue weighted by molar-refractivity contribution is -0.167. The molecule has 0 spiro atoms. The van der Waals surface area contributed by atoms with E-state index in [0.717, 1.165) is 109 Å². The zero-order chi connectivity index (χ0) is 52.2. The van der Waals surface area contributed by atoms with Crippen LogP contribution >= 0.6 is 0 Å². The summed E-state index contributed by atoms with van der Waals surface area (Å²) in [7, 11) is 0. The lowest BCUT2D eigenvalue weighted by Gasteiger charge is -2.18. The third kappa shape index (κ3) is 57.5. The van der Waals surface area contributed by atoms with Crippen LogP contribution in [0.25, 0.3) is 0 Å². The normalized spacial score (nSPS) is 12.7. The second-order valence-electron chi connectivity index (χ2n) is 20.2. The molecule has 414 valence electrons. The first-order chi connectivity index (χ1) is 35.5. The maximum atomic E-state index is 12.9. The zero-order valence-electron chi connectivity index (χ0n) is 47.4. The van der Waals surface area contributed by atoms with Gasteiger partial charge in [0.2, 0.25) is 0 Å². The fraction of sp³-hybridized carbons (Fsp3) is 0.742. The van der Waals surface area contributed by atoms with Crippen molar-refractivity contribution in [3.63, 3.8) is 0 Å². The number of hydrogen-bond donors (Lipinski definition) is 0. The van der Waals surface area contributed by atoms with E-state index in [1.165, 1.54) is 148 Å². The van der Waals surface area contributed by atoms with Gasteiger partial charge in [-0.25, -0.2) is 0 Å². The molecule has 0 heterocycles. The third-order valence-corrected chi connectivity index (χ3v) is 13.1. The molecule has 0 aliphatic carbocycles. The van der Waals surface area contributed by atoms with E-state index in [9.17, 15) is 14.4 Å². The average Bonchev–Trinajstić information content (AvgIpc) is 3.38. The summed E-state index contributed by atoms with van der Waals surface area (Å²) in [4.78, 5) is 38.2. The summed E-state index contributed by atoms with van der Waals surface area (Å²) in [5.41, 5.74) is 0. The first-order valence-electron chi connectivity index (χ1n) is 30.6. The van der Waals surface area contributed by atoms with Gasteiger partial charge < -0.3 is 14.2 Å². The van der Waals surface area contributed by atoms with E-state index in [4.69, 9.17) is 14.2 Å². The SMILES string of the molecule is CC/C=C\C/C=C\C/C=C\C/C=C\C/C=C\C/C=C\CCCCCCC(=O)OCC(COC(=O)CCCCCCCCCCCCCCC)OC(=O)CCCCCCCCC/C=C\CCCCCCCCC. The van der Waals surface area contributed by atoms with Crippen LogP contribution < -0.4 is 0 Å². The molecule has 0 aliphatic heterocycles. The lowest BCUT2D eigenvalue weighted by atomic mass is 10.0. The van der Waals surface area contributed by atoms with Gasteiger partial charge in [0, 0.05) is 19.3 Å². The molecule has 72 heavy (non-hydrogen) atoms. The summed E-state index contributed by atoms with van der Waals surface area (Å²) in [5.74, 6) is -0.904. The predicted octanol–water partition coefficient (Wildman–Crippen LogP) is 20.7. The van der Waals surface area contributed by atoms with Crippen LogP contribution in [0.5, 0.6) is 0 Å². The number of ether oxygens (including phenoxy) is 3. The summed E-state index contributed by atoms with van der Waals surface area (Å²) in [6, 6.07) is 0. The molecular formula is C66H114O6. The Bertz CT molecular complexity index is 1380. The number of carbonyl (C=O) groups excluding carboxylic acids is 3. The molecule has 0 fully saturated rings. The number of hydrogen-bond acceptors (Lipinski definition) is 6. The third-order valence-electron chi connectivity index (χ3n) is 13.1. The maximum absolute atomic E-state index is 12.9. The predicted molar refractivity (Wildman–Crippen MR) is 311 cm³/mol. The highest BCUT2D eigenvalue weighted by Gasteiger charge is 2.19. The van der Waals surface area contributed by atoms with E-state index in [2.05, 4.69) is 106 Å². The molecule has 0 saturated heterocycles. The van der Waals surface area contributed by atoms with E-state index < -0.39 is 6.10 Å². The number of esters is 3. The molecule has 0 saturated carbocycles. The minimum Gasteiger partial charge on any atom is -0.462 e. The van der Waals surface area contributed by atoms with Crippen LogP contribution in [0, 0.1) is 0 Å². The fourth-order valence-corrected chi connectivity index (χ4v) is 8.56. The highest BCUT2D eigenvalue weighted by Crippen LogP contribution is 2.16. The number of allylic oxidation sites excluding steroid dienone is 14. The smallest absolute Gasteiger partial charge is 0.306 e. The molecule has 0 radical (unpaired) electrons. The Morgan fingerprint density at radius 2 is 0.542 bits per heavy atom. The van der Waals surface area contributed by atoms with Crippen molar-refractivity contribution in [3.8, 4) is 0 Å². The van der Waals surface area contributed by atoms with Crippen molar-refractivity contribution >= 4 is 17.9 Å². The van der Waals surface area contributed by atoms with Gasteiger partial charge in [-0.3, -0.25) is 14.4 Å². The van der Waals surface area contributed by atoms with Gasteiger partial charge in [0.25, 0.3) is 0 Å². The minimum atomic E-state index is -0.789. The quantitative estimate of drug-likeness (QED) is 0.0261. The van der Waals surface area contributed by atoms with E-state index in [0.29, 0.717) is 19.3 Å². The van der Waals surface area contributed by atoms with Gasteiger partial charge in [-0.2, -0.15) is 0 Å². The van der Waals surface area contributed by atoms with E-state index in [1.807, 2.05) is 0 Å². The van der Waals surface area contributed by atoms with Gasteiger partial charge in [-0.1, -0.05) is 266 Å². The van der Waals surface area contributed by atoms with Crippen molar-refractivity contribution in [1.29, 1.82) is 0 Å². The first kappa shape index (κ1) is 68.6. The Morgan fingerprint density at radius 1 is 0.292 bits per heavy atom. The van der Waals surface area contributed by atoms with Crippen LogP contribution in [0.1, 0.15) is 297 Å². The fourth-order valence-electron chi connectivity index (χ4n) is 8.56. The highest BCUT2D eigenvalue weighted by atomic mass is 16.6. The molecule has 0 rings (SSSR count). The standard InChI is InChI=1S/C66H114O6/c1-4-7-10-13-16-19-22-25-27-29-31-32-33-34-35-37-38-41-44-47-50-53-56-59-65(68)71-62-63(61-70-64(67)58-55-52-49-46-43-40-24-21-18-15-12-9-6-3)72-66(69)60-57-54-51-48-45-42-39-36-30-28-26-23-20-17-14-11-8-5-2/h7,10,16,19,25,27-28,30-32,34-35,38,41,63H,4-6,8-9,11-15,17-18,20-24,26,29,33,36-37,39-40,42-62H2,1-3H3/b10-7-,19-16-,27-25-,30-28-,32-31-,35-34-,41-38-. The van der Waals surface area contributed by atoms with Crippen LogP contribution in [0.2, 0.25) is 0 Å². The van der Waals surface area contributed by atoms with Crippen molar-refractivity contribution in [1.82, 2.24) is 0 Å². The van der Waals surface area contributed by atoms with Crippen LogP contribution in [0.3, 0.4) is 0 Å². The number of unbranched alkanes of at least 4 members (excludes halogenated alkanes) is 30. The minimum absolute atomic E-state index is 0.0841. The summed E-state index contributed by atoms with van der Waals surface area (Å²) in [6.45, 7) is 6.52. The first-order valence-corrected chi connectivity index (χ1v) is 30.6. The molecule has 0 aliphatic rings. The number of rotatable bonds is 55. The second-order valence-corrected chi connectivity index (χ2v) is 20.2. The topological polar surface area (TPSA) is 78.9 Å². The Labute approximate surface area is 445 Å². The molecule has 0 aromatic rings. The van der Waals surface area contributed by atoms with Gasteiger partial charge in [0.1, 0.15) is 13.2 Å². The van der Waals surface area contributed by atoms with E-state index in [-0.39, 0.29) is 31.1 Å². The van der Waals surface area contributed by atoms with Crippen molar-refractivity contribution in [2.45, 2.75) is 303 Å². The van der Waals surface area contributed by atoms with Gasteiger partial charge in [0.15, 0.2) is 6.10 Å². The van der Waals surface area contributed by atoms with Gasteiger partial charge in [-0.05, 0) is 96.3 Å². The molecule has 1 atom stereocenters. The van der Waals surface area contributed by atoms with Crippen LogP contribution in [0.4, 0.5) is 0 Å². The lowest BCUT2D eigenvalue weighted by Crippen LogP contribution is -2.30. The Kier molecular flexibility index (Phi) is 57.3. The van der Waals surface area contributed by atoms with Gasteiger partial charge >= 0.3 is 17.9 Å². The summed E-state index contributed by atoms with van der Waals surface area (Å²) < 4.78 is 16.9. The summed E-state index contributed by atoms with van der Waals surface area (Å²) in [5, 5.41) is 0. The molecule has 0 aromatic heterocycles. The van der Waals surface area contributed by atoms with Crippen molar-refractivity contribution < 1.29 is 28.6 Å². The van der Waals surface area contributed by atoms with Crippen LogP contribution in [-0.4, -0.2) is 37.2 Å². The molecule has 0 aromatic carbocycles. The average molecular weight is 1000 g/mol. The van der Waals surface area contributed by atoms with E-state index >= 15 is 0 Å². The van der Waals surface area contributed by atoms with Crippen molar-refractivity contribution in [2.75, 3.05) is 13.2 Å². The summed E-state index contributed by atoms with van der Waals surface area (Å²) in [6.07, 6.45) is 78.6. The molecule has 6 nitrogen and oxygen atoms in total. The van der Waals surface area contributed by atoms with Crippen molar-refractivity contribution in [2.24, 2.45) is 0 Å². The second kappa shape index (κ2) is 60.1. The number of carbonyl (C=O) groups is 3. The molecule has 6 heteroatoms. The largest absolute Gasteiger partial charge is 0.462 e. The van der Waals surface area contributed by atoms with Gasteiger partial charge in [-0.15, -0.1) is 0 Å². The Balaban J connectivity index is 4.40. The molecule has 0 bridgehead atoms. The van der Waals surface area contributed by atoms with Crippen LogP contribution in [0.15, 0.2) is 85.1 Å². The Morgan fingerprint density at radius 3 is 0.861 bits per heavy atom. The molecule has 1 unspecified atom stereocenters. The summed E-state index contributed by atoms with van der Waals surface area (Å²) >= 11 is 0. The zero-order valence-corrected chi connectivity index (χ0v) is 47.4. The van der Waals surface area contributed by atoms with E-state index in [1.54, 1.807) is 0 Å². The molecule has 0 amide bonds. The maximum Gasteiger partial charge on any atom is 0.306 e. The Hall–Kier alpha value is -3.41. The van der Waals surface area contributed by atoms with Crippen LogP contribution in [-0.2, 0) is 28.6 Å². The monoisotopic (exact) mass is 1000 g/mol.